The van der Waals surface area contributed by atoms with E-state index in [1.165, 1.54) is 12.7 Å². The summed E-state index contributed by atoms with van der Waals surface area (Å²) >= 11 is 0. The van der Waals surface area contributed by atoms with E-state index in [-0.39, 0.29) is 17.7 Å². The van der Waals surface area contributed by atoms with E-state index in [0.717, 1.165) is 29.1 Å². The summed E-state index contributed by atoms with van der Waals surface area (Å²) in [6.07, 6.45) is 1.57. The van der Waals surface area contributed by atoms with Crippen LogP contribution < -0.4 is 10.6 Å². The highest BCUT2D eigenvalue weighted by Gasteiger charge is 2.44. The fraction of sp³-hybridized carbons (Fsp3) is 0.333. The number of carbonyl (C=O) groups excluding carboxylic acids is 2. The van der Waals surface area contributed by atoms with Crippen LogP contribution in [0.5, 0.6) is 0 Å². The number of aryl methyl sites for hydroxylation is 1. The number of fused-ring (bicyclic) bond motifs is 1. The van der Waals surface area contributed by atoms with Crippen LogP contribution in [0.4, 0.5) is 11.4 Å². The van der Waals surface area contributed by atoms with Gasteiger partial charge in [0.1, 0.15) is 5.92 Å². The zero-order valence-corrected chi connectivity index (χ0v) is 17.0. The van der Waals surface area contributed by atoms with Crippen LogP contribution in [0.1, 0.15) is 37.4 Å². The molecule has 1 aliphatic carbocycles. The largest absolute Gasteiger partial charge is 0.468 e. The van der Waals surface area contributed by atoms with Crippen molar-refractivity contribution in [2.75, 3.05) is 17.7 Å². The first-order valence-corrected chi connectivity index (χ1v) is 10.1. The summed E-state index contributed by atoms with van der Waals surface area (Å²) in [4.78, 5) is 25.9. The van der Waals surface area contributed by atoms with E-state index in [4.69, 9.17) is 4.74 Å². The van der Waals surface area contributed by atoms with Gasteiger partial charge in [0.05, 0.1) is 24.5 Å². The quantitative estimate of drug-likeness (QED) is 0.597. The molecule has 5 heteroatoms. The lowest BCUT2D eigenvalue weighted by Crippen LogP contribution is -2.39. The third-order valence-electron chi connectivity index (χ3n) is 5.95. The van der Waals surface area contributed by atoms with Crippen molar-refractivity contribution in [3.8, 4) is 0 Å². The highest BCUT2D eigenvalue weighted by Crippen LogP contribution is 2.43. The maximum absolute atomic E-state index is 13.5. The second-order valence-electron chi connectivity index (χ2n) is 7.78. The Kier molecular flexibility index (Phi) is 5.14. The average Bonchev–Trinajstić information content (AvgIpc) is 2.90. The first-order valence-electron chi connectivity index (χ1n) is 10.1. The molecule has 29 heavy (non-hydrogen) atoms. The number of hydrogen-bond donors (Lipinski definition) is 2. The standard InChI is InChI=1S/C24H26N2O3/c1-4-15-9-11-16(12-10-15)22-21-19(25-17-7-5-6-8-18(17)26-22)13-14(2)20(23(21)27)24(28)29-3/h5-12,14,20,22,25-26H,4,13H2,1-3H3/t14-,20-,22+/m1/s1. The van der Waals surface area contributed by atoms with E-state index < -0.39 is 11.9 Å². The number of allylic oxidation sites excluding steroid dienone is 1. The molecule has 0 spiro atoms. The van der Waals surface area contributed by atoms with Crippen LogP contribution in [0.25, 0.3) is 0 Å². The van der Waals surface area contributed by atoms with Crippen molar-refractivity contribution in [1.82, 2.24) is 0 Å². The van der Waals surface area contributed by atoms with Crippen LogP contribution in [0.2, 0.25) is 0 Å². The molecular formula is C24H26N2O3. The number of ketones is 1. The van der Waals surface area contributed by atoms with Gasteiger partial charge in [-0.1, -0.05) is 50.2 Å². The molecule has 150 valence electrons. The molecule has 0 radical (unpaired) electrons. The third-order valence-corrected chi connectivity index (χ3v) is 5.95. The Labute approximate surface area is 171 Å². The van der Waals surface area contributed by atoms with Crippen molar-refractivity contribution in [2.45, 2.75) is 32.7 Å². The molecule has 4 rings (SSSR count). The topological polar surface area (TPSA) is 67.4 Å². The first kappa shape index (κ1) is 19.2. The van der Waals surface area contributed by atoms with Crippen LogP contribution in [0.15, 0.2) is 59.8 Å². The van der Waals surface area contributed by atoms with Gasteiger partial charge < -0.3 is 15.4 Å². The number of methoxy groups -OCH3 is 1. The van der Waals surface area contributed by atoms with Gasteiger partial charge in [0.15, 0.2) is 5.78 Å². The summed E-state index contributed by atoms with van der Waals surface area (Å²) in [5.41, 5.74) is 5.61. The molecule has 1 heterocycles. The number of nitrogens with one attached hydrogen (secondary N) is 2. The van der Waals surface area contributed by atoms with Crippen molar-refractivity contribution in [1.29, 1.82) is 0 Å². The fourth-order valence-electron chi connectivity index (χ4n) is 4.33. The summed E-state index contributed by atoms with van der Waals surface area (Å²) in [5, 5.41) is 7.01. The van der Waals surface area contributed by atoms with Crippen LogP contribution in [0, 0.1) is 11.8 Å². The predicted octanol–water partition coefficient (Wildman–Crippen LogP) is 4.48. The number of para-hydroxylation sites is 2. The van der Waals surface area contributed by atoms with Crippen LogP contribution >= 0.6 is 0 Å². The maximum atomic E-state index is 13.5. The van der Waals surface area contributed by atoms with Gasteiger partial charge in [-0.2, -0.15) is 0 Å². The molecule has 0 fully saturated rings. The molecule has 1 aliphatic heterocycles. The molecular weight excluding hydrogens is 364 g/mol. The molecule has 5 nitrogen and oxygen atoms in total. The maximum Gasteiger partial charge on any atom is 0.316 e. The van der Waals surface area contributed by atoms with Crippen LogP contribution in [-0.2, 0) is 20.7 Å². The van der Waals surface area contributed by atoms with Gasteiger partial charge in [-0.15, -0.1) is 0 Å². The summed E-state index contributed by atoms with van der Waals surface area (Å²) in [5.74, 6) is -1.53. The van der Waals surface area contributed by atoms with Crippen LogP contribution in [0.3, 0.4) is 0 Å². The van der Waals surface area contributed by atoms with Crippen molar-refractivity contribution in [3.05, 3.63) is 70.9 Å². The SMILES string of the molecule is CCc1ccc([C@@H]2Nc3ccccc3NC3=C2C(=O)[C@H](C(=O)OC)[C@H](C)C3)cc1. The first-order chi connectivity index (χ1) is 14.0. The van der Waals surface area contributed by atoms with Crippen molar-refractivity contribution < 1.29 is 14.3 Å². The zero-order valence-electron chi connectivity index (χ0n) is 17.0. The molecule has 2 aromatic rings. The molecule has 0 bridgehead atoms. The second kappa shape index (κ2) is 7.74. The highest BCUT2D eigenvalue weighted by atomic mass is 16.5. The molecule has 2 aliphatic rings. The summed E-state index contributed by atoms with van der Waals surface area (Å²) in [6, 6.07) is 15.9. The number of anilines is 2. The smallest absolute Gasteiger partial charge is 0.316 e. The normalized spacial score (nSPS) is 23.3. The summed E-state index contributed by atoms with van der Waals surface area (Å²) < 4.78 is 4.95. The lowest BCUT2D eigenvalue weighted by Gasteiger charge is -2.32. The second-order valence-corrected chi connectivity index (χ2v) is 7.78. The Morgan fingerprint density at radius 3 is 2.45 bits per heavy atom. The van der Waals surface area contributed by atoms with Crippen LogP contribution in [-0.4, -0.2) is 18.9 Å². The Bertz CT molecular complexity index is 978. The monoisotopic (exact) mass is 390 g/mol. The minimum absolute atomic E-state index is 0.130. The van der Waals surface area contributed by atoms with Crippen molar-refractivity contribution >= 4 is 23.1 Å². The molecule has 0 saturated carbocycles. The van der Waals surface area contributed by atoms with E-state index in [0.29, 0.717) is 12.0 Å². The average molecular weight is 390 g/mol. The number of esters is 1. The van der Waals surface area contributed by atoms with Gasteiger partial charge in [0.2, 0.25) is 0 Å². The molecule has 0 amide bonds. The predicted molar refractivity (Wildman–Crippen MR) is 114 cm³/mol. The molecule has 2 aromatic carbocycles. The summed E-state index contributed by atoms with van der Waals surface area (Å²) in [7, 11) is 1.34. The van der Waals surface area contributed by atoms with E-state index in [9.17, 15) is 9.59 Å². The van der Waals surface area contributed by atoms with Gasteiger partial charge in [0.25, 0.3) is 0 Å². The number of rotatable bonds is 3. The Morgan fingerprint density at radius 2 is 1.79 bits per heavy atom. The van der Waals surface area contributed by atoms with Crippen molar-refractivity contribution in [2.24, 2.45) is 11.8 Å². The molecule has 0 aromatic heterocycles. The Balaban J connectivity index is 1.85. The molecule has 0 saturated heterocycles. The van der Waals surface area contributed by atoms with Gasteiger partial charge in [-0.25, -0.2) is 0 Å². The zero-order chi connectivity index (χ0) is 20.5. The number of carbonyl (C=O) groups is 2. The Morgan fingerprint density at radius 1 is 1.10 bits per heavy atom. The van der Waals surface area contributed by atoms with E-state index >= 15 is 0 Å². The van der Waals surface area contributed by atoms with Gasteiger partial charge in [0, 0.05) is 11.3 Å². The van der Waals surface area contributed by atoms with Gasteiger partial charge in [-0.3, -0.25) is 9.59 Å². The number of benzene rings is 2. The third kappa shape index (κ3) is 3.41. The van der Waals surface area contributed by atoms with E-state index in [1.54, 1.807) is 0 Å². The van der Waals surface area contributed by atoms with E-state index in [1.807, 2.05) is 31.2 Å². The molecule has 3 atom stereocenters. The number of hydrogen-bond acceptors (Lipinski definition) is 5. The van der Waals surface area contributed by atoms with Gasteiger partial charge >= 0.3 is 5.97 Å². The fourth-order valence-corrected chi connectivity index (χ4v) is 4.33. The number of Topliss-reactive ketones (excluding diaryl/α,β-unsaturated/α-hetero) is 1. The van der Waals surface area contributed by atoms with Crippen molar-refractivity contribution in [3.63, 3.8) is 0 Å². The lowest BCUT2D eigenvalue weighted by atomic mass is 9.75. The Hall–Kier alpha value is -3.08. The highest BCUT2D eigenvalue weighted by molar-refractivity contribution is 6.11. The summed E-state index contributed by atoms with van der Waals surface area (Å²) in [6.45, 7) is 4.05. The van der Waals surface area contributed by atoms with Gasteiger partial charge in [-0.05, 0) is 42.0 Å². The molecule has 2 N–H and O–H groups in total. The minimum Gasteiger partial charge on any atom is -0.468 e. The lowest BCUT2D eigenvalue weighted by molar-refractivity contribution is -0.151. The number of ether oxygens (including phenoxy) is 1. The molecule has 0 unspecified atom stereocenters. The minimum atomic E-state index is -0.777. The van der Waals surface area contributed by atoms with E-state index in [2.05, 4.69) is 41.8 Å².